The fourth-order valence-corrected chi connectivity index (χ4v) is 1.57. The summed E-state index contributed by atoms with van der Waals surface area (Å²) in [6, 6.07) is 6.69. The molecule has 0 spiro atoms. The molecule has 3 N–H and O–H groups in total. The Kier molecular flexibility index (Phi) is 4.44. The molecule has 6 heteroatoms. The van der Waals surface area contributed by atoms with Gasteiger partial charge >= 0.3 is 6.18 Å². The van der Waals surface area contributed by atoms with Crippen LogP contribution in [-0.2, 0) is 10.2 Å². The molecule has 0 aromatic heterocycles. The van der Waals surface area contributed by atoms with Crippen LogP contribution in [0.15, 0.2) is 24.3 Å². The molecule has 0 saturated carbocycles. The van der Waals surface area contributed by atoms with Crippen LogP contribution in [0.2, 0.25) is 0 Å². The van der Waals surface area contributed by atoms with Crippen molar-refractivity contribution in [1.82, 2.24) is 5.32 Å². The monoisotopic (exact) mass is 274 g/mol. The molecule has 106 valence electrons. The number of nitrogen functional groups attached to an aromatic ring is 1. The van der Waals surface area contributed by atoms with Crippen LogP contribution >= 0.6 is 0 Å². The molecule has 0 aliphatic heterocycles. The number of nitrogens with two attached hydrogens (primary N) is 1. The highest BCUT2D eigenvalue weighted by atomic mass is 19.4. The number of hydrogen-bond donors (Lipinski definition) is 2. The van der Waals surface area contributed by atoms with Crippen molar-refractivity contribution >= 4 is 11.6 Å². The fraction of sp³-hybridized carbons (Fsp3) is 0.462. The van der Waals surface area contributed by atoms with Gasteiger partial charge in [-0.1, -0.05) is 12.1 Å². The molecule has 0 aliphatic carbocycles. The van der Waals surface area contributed by atoms with E-state index in [1.807, 2.05) is 0 Å². The lowest BCUT2D eigenvalue weighted by atomic mass is 9.83. The molecule has 0 saturated heterocycles. The standard InChI is InChI=1S/C13H17F3N2O/c1-12(2,9-3-5-10(17)6-4-9)11(19)18-8-7-13(14,15)16/h3-6H,7-8,17H2,1-2H3,(H,18,19). The van der Waals surface area contributed by atoms with Crippen LogP contribution in [0.5, 0.6) is 0 Å². The van der Waals surface area contributed by atoms with E-state index in [2.05, 4.69) is 5.32 Å². The van der Waals surface area contributed by atoms with E-state index in [4.69, 9.17) is 5.73 Å². The lowest BCUT2D eigenvalue weighted by Crippen LogP contribution is -2.41. The third-order valence-electron chi connectivity index (χ3n) is 2.89. The molecule has 0 aliphatic rings. The topological polar surface area (TPSA) is 55.1 Å². The number of amides is 1. The summed E-state index contributed by atoms with van der Waals surface area (Å²) >= 11 is 0. The van der Waals surface area contributed by atoms with Gasteiger partial charge in [-0.3, -0.25) is 4.79 Å². The quantitative estimate of drug-likeness (QED) is 0.829. The number of rotatable bonds is 4. The maximum absolute atomic E-state index is 12.0. The van der Waals surface area contributed by atoms with Crippen LogP contribution in [0.4, 0.5) is 18.9 Å². The Morgan fingerprint density at radius 1 is 1.21 bits per heavy atom. The van der Waals surface area contributed by atoms with Gasteiger partial charge in [-0.15, -0.1) is 0 Å². The predicted octanol–water partition coefficient (Wildman–Crippen LogP) is 2.62. The minimum atomic E-state index is -4.27. The zero-order valence-corrected chi connectivity index (χ0v) is 10.8. The fourth-order valence-electron chi connectivity index (χ4n) is 1.57. The van der Waals surface area contributed by atoms with E-state index in [9.17, 15) is 18.0 Å². The number of carbonyl (C=O) groups excluding carboxylic acids is 1. The molecule has 0 atom stereocenters. The molecule has 3 nitrogen and oxygen atoms in total. The minimum absolute atomic E-state index is 0.416. The van der Waals surface area contributed by atoms with Gasteiger partial charge in [-0.05, 0) is 31.5 Å². The number of nitrogens with one attached hydrogen (secondary N) is 1. The number of halogens is 3. The molecule has 0 fully saturated rings. The van der Waals surface area contributed by atoms with E-state index in [-0.39, 0.29) is 0 Å². The molecule has 0 heterocycles. The minimum Gasteiger partial charge on any atom is -0.399 e. The van der Waals surface area contributed by atoms with Crippen molar-refractivity contribution in [2.45, 2.75) is 31.9 Å². The summed E-state index contributed by atoms with van der Waals surface area (Å²) in [7, 11) is 0. The molecular formula is C13H17F3N2O. The summed E-state index contributed by atoms with van der Waals surface area (Å²) < 4.78 is 36.0. The van der Waals surface area contributed by atoms with Gasteiger partial charge < -0.3 is 11.1 Å². The highest BCUT2D eigenvalue weighted by Gasteiger charge is 2.31. The molecule has 1 amide bonds. The van der Waals surface area contributed by atoms with Crippen molar-refractivity contribution in [2.24, 2.45) is 0 Å². The van der Waals surface area contributed by atoms with Crippen LogP contribution in [0.3, 0.4) is 0 Å². The molecule has 0 unspecified atom stereocenters. The number of benzene rings is 1. The van der Waals surface area contributed by atoms with Crippen molar-refractivity contribution in [3.05, 3.63) is 29.8 Å². The molecule has 1 rings (SSSR count). The van der Waals surface area contributed by atoms with Crippen LogP contribution in [0.1, 0.15) is 25.8 Å². The summed E-state index contributed by atoms with van der Waals surface area (Å²) in [5, 5.41) is 2.30. The van der Waals surface area contributed by atoms with Gasteiger partial charge in [0.15, 0.2) is 0 Å². The van der Waals surface area contributed by atoms with E-state index >= 15 is 0 Å². The van der Waals surface area contributed by atoms with Gasteiger partial charge in [0.05, 0.1) is 11.8 Å². The van der Waals surface area contributed by atoms with E-state index in [1.54, 1.807) is 38.1 Å². The number of anilines is 1. The number of alkyl halides is 3. The van der Waals surface area contributed by atoms with E-state index < -0.39 is 30.5 Å². The van der Waals surface area contributed by atoms with Gasteiger partial charge in [0, 0.05) is 12.2 Å². The second-order valence-electron chi connectivity index (χ2n) is 4.87. The van der Waals surface area contributed by atoms with Crippen molar-refractivity contribution < 1.29 is 18.0 Å². The summed E-state index contributed by atoms with van der Waals surface area (Å²) in [6.07, 6.45) is -5.30. The van der Waals surface area contributed by atoms with E-state index in [0.717, 1.165) is 0 Å². The summed E-state index contributed by atoms with van der Waals surface area (Å²) in [4.78, 5) is 11.9. The molecule has 0 bridgehead atoms. The third kappa shape index (κ3) is 4.46. The first-order valence-electron chi connectivity index (χ1n) is 5.84. The van der Waals surface area contributed by atoms with E-state index in [1.165, 1.54) is 0 Å². The van der Waals surface area contributed by atoms with Crippen molar-refractivity contribution in [1.29, 1.82) is 0 Å². The summed E-state index contributed by atoms with van der Waals surface area (Å²) in [5.41, 5.74) is 5.91. The van der Waals surface area contributed by atoms with Crippen LogP contribution in [-0.4, -0.2) is 18.6 Å². The van der Waals surface area contributed by atoms with Gasteiger partial charge in [-0.2, -0.15) is 13.2 Å². The maximum Gasteiger partial charge on any atom is 0.390 e. The smallest absolute Gasteiger partial charge is 0.390 e. The highest BCUT2D eigenvalue weighted by molar-refractivity contribution is 5.87. The predicted molar refractivity (Wildman–Crippen MR) is 67.6 cm³/mol. The average molecular weight is 274 g/mol. The highest BCUT2D eigenvalue weighted by Crippen LogP contribution is 2.24. The lowest BCUT2D eigenvalue weighted by molar-refractivity contribution is -0.136. The Labute approximate surface area is 110 Å². The second kappa shape index (κ2) is 5.50. The first-order valence-corrected chi connectivity index (χ1v) is 5.84. The van der Waals surface area contributed by atoms with E-state index in [0.29, 0.717) is 11.3 Å². The third-order valence-corrected chi connectivity index (χ3v) is 2.89. The number of carbonyl (C=O) groups is 1. The number of hydrogen-bond acceptors (Lipinski definition) is 2. The van der Waals surface area contributed by atoms with Gasteiger partial charge in [0.25, 0.3) is 0 Å². The Bertz CT molecular complexity index is 438. The Morgan fingerprint density at radius 2 is 1.74 bits per heavy atom. The summed E-state index contributed by atoms with van der Waals surface area (Å²) in [5.74, 6) is -0.443. The Morgan fingerprint density at radius 3 is 2.21 bits per heavy atom. The molecule has 0 radical (unpaired) electrons. The largest absolute Gasteiger partial charge is 0.399 e. The Hall–Kier alpha value is -1.72. The normalized spacial score (nSPS) is 12.3. The van der Waals surface area contributed by atoms with Crippen molar-refractivity contribution in [2.75, 3.05) is 12.3 Å². The lowest BCUT2D eigenvalue weighted by Gasteiger charge is -2.24. The average Bonchev–Trinajstić information content (AvgIpc) is 2.27. The van der Waals surface area contributed by atoms with Crippen LogP contribution < -0.4 is 11.1 Å². The SMILES string of the molecule is CC(C)(C(=O)NCCC(F)(F)F)c1ccc(N)cc1. The van der Waals surface area contributed by atoms with Crippen LogP contribution in [0, 0.1) is 0 Å². The molecule has 1 aromatic rings. The van der Waals surface area contributed by atoms with Crippen molar-refractivity contribution in [3.63, 3.8) is 0 Å². The zero-order chi connectivity index (χ0) is 14.7. The zero-order valence-electron chi connectivity index (χ0n) is 10.8. The molecule has 1 aromatic carbocycles. The van der Waals surface area contributed by atoms with Gasteiger partial charge in [0.2, 0.25) is 5.91 Å². The first-order chi connectivity index (χ1) is 8.63. The molecule has 19 heavy (non-hydrogen) atoms. The summed E-state index contributed by atoms with van der Waals surface area (Å²) in [6.45, 7) is 2.89. The Balaban J connectivity index is 2.66. The van der Waals surface area contributed by atoms with Crippen LogP contribution in [0.25, 0.3) is 0 Å². The molecular weight excluding hydrogens is 257 g/mol. The second-order valence-corrected chi connectivity index (χ2v) is 4.87. The first kappa shape index (κ1) is 15.3. The van der Waals surface area contributed by atoms with Gasteiger partial charge in [-0.25, -0.2) is 0 Å². The maximum atomic E-state index is 12.0. The van der Waals surface area contributed by atoms with Gasteiger partial charge in [0.1, 0.15) is 0 Å². The van der Waals surface area contributed by atoms with Crippen molar-refractivity contribution in [3.8, 4) is 0 Å².